The Morgan fingerprint density at radius 1 is 1.39 bits per heavy atom. The van der Waals surface area contributed by atoms with Crippen LogP contribution in [0.3, 0.4) is 0 Å². The molecule has 0 amide bonds. The summed E-state index contributed by atoms with van der Waals surface area (Å²) in [7, 11) is 1.90. The predicted octanol–water partition coefficient (Wildman–Crippen LogP) is 3.90. The van der Waals surface area contributed by atoms with Crippen LogP contribution in [0.25, 0.3) is 0 Å². The Balaban J connectivity index is 2.26. The van der Waals surface area contributed by atoms with Crippen LogP contribution in [0.5, 0.6) is 0 Å². The molecule has 2 aromatic rings. The molecule has 0 aliphatic rings. The van der Waals surface area contributed by atoms with Crippen molar-refractivity contribution in [2.45, 2.75) is 13.0 Å². The number of halogens is 1. The first-order valence-corrected chi connectivity index (χ1v) is 6.52. The molecule has 2 nitrogen and oxygen atoms in total. The highest BCUT2D eigenvalue weighted by Crippen LogP contribution is 2.29. The Bertz CT molecular complexity index is 552. The number of thiophene rings is 1. The Labute approximate surface area is 110 Å². The maximum Gasteiger partial charge on any atom is 0.160 e. The SMILES string of the molecule is CC(c1ccccc1F)N(C)c1csc(C=O)c1. The van der Waals surface area contributed by atoms with Gasteiger partial charge in [-0.3, -0.25) is 4.79 Å². The van der Waals surface area contributed by atoms with Gasteiger partial charge in [-0.05, 0) is 19.1 Å². The van der Waals surface area contributed by atoms with E-state index < -0.39 is 0 Å². The molecule has 0 bridgehead atoms. The molecule has 0 saturated heterocycles. The molecule has 0 aliphatic carbocycles. The summed E-state index contributed by atoms with van der Waals surface area (Å²) in [6.45, 7) is 1.94. The summed E-state index contributed by atoms with van der Waals surface area (Å²) in [5.41, 5.74) is 1.58. The van der Waals surface area contributed by atoms with Gasteiger partial charge in [0.1, 0.15) is 5.82 Å². The van der Waals surface area contributed by atoms with E-state index in [9.17, 15) is 9.18 Å². The van der Waals surface area contributed by atoms with Crippen molar-refractivity contribution in [3.05, 3.63) is 52.0 Å². The summed E-state index contributed by atoms with van der Waals surface area (Å²) < 4.78 is 13.7. The van der Waals surface area contributed by atoms with E-state index in [0.717, 1.165) is 12.0 Å². The minimum absolute atomic E-state index is 0.0831. The van der Waals surface area contributed by atoms with Gasteiger partial charge in [-0.15, -0.1) is 11.3 Å². The maximum atomic E-state index is 13.7. The minimum Gasteiger partial charge on any atom is -0.367 e. The number of carbonyl (C=O) groups is 1. The highest BCUT2D eigenvalue weighted by atomic mass is 32.1. The third-order valence-electron chi connectivity index (χ3n) is 3.07. The molecule has 94 valence electrons. The van der Waals surface area contributed by atoms with Gasteiger partial charge >= 0.3 is 0 Å². The van der Waals surface area contributed by atoms with Crippen LogP contribution in [0.4, 0.5) is 10.1 Å². The lowest BCUT2D eigenvalue weighted by atomic mass is 10.1. The van der Waals surface area contributed by atoms with Crippen molar-refractivity contribution in [3.63, 3.8) is 0 Å². The highest BCUT2D eigenvalue weighted by Gasteiger charge is 2.16. The zero-order valence-corrected chi connectivity index (χ0v) is 11.1. The summed E-state index contributed by atoms with van der Waals surface area (Å²) in [5, 5.41) is 1.90. The molecule has 2 rings (SSSR count). The second-order valence-corrected chi connectivity index (χ2v) is 5.08. The maximum absolute atomic E-state index is 13.7. The fourth-order valence-electron chi connectivity index (χ4n) is 1.84. The second kappa shape index (κ2) is 5.31. The predicted molar refractivity (Wildman–Crippen MR) is 72.9 cm³/mol. The van der Waals surface area contributed by atoms with Gasteiger partial charge in [0, 0.05) is 23.7 Å². The first-order chi connectivity index (χ1) is 8.63. The number of hydrogen-bond donors (Lipinski definition) is 0. The van der Waals surface area contributed by atoms with Crippen molar-refractivity contribution in [1.82, 2.24) is 0 Å². The molecule has 0 radical (unpaired) electrons. The van der Waals surface area contributed by atoms with Gasteiger partial charge < -0.3 is 4.90 Å². The molecule has 18 heavy (non-hydrogen) atoms. The molecule has 0 spiro atoms. The molecule has 0 N–H and O–H groups in total. The molecule has 0 saturated carbocycles. The summed E-state index contributed by atoms with van der Waals surface area (Å²) in [4.78, 5) is 13.3. The molecule has 4 heteroatoms. The van der Waals surface area contributed by atoms with Crippen molar-refractivity contribution in [2.75, 3.05) is 11.9 Å². The zero-order chi connectivity index (χ0) is 13.1. The molecule has 0 aliphatic heterocycles. The van der Waals surface area contributed by atoms with Crippen LogP contribution in [0.15, 0.2) is 35.7 Å². The van der Waals surface area contributed by atoms with E-state index >= 15 is 0 Å². The number of rotatable bonds is 4. The molecule has 1 atom stereocenters. The van der Waals surface area contributed by atoms with Gasteiger partial charge in [0.15, 0.2) is 6.29 Å². The lowest BCUT2D eigenvalue weighted by Crippen LogP contribution is -2.21. The van der Waals surface area contributed by atoms with E-state index in [0.29, 0.717) is 10.4 Å². The van der Waals surface area contributed by atoms with Crippen molar-refractivity contribution in [1.29, 1.82) is 0 Å². The average Bonchev–Trinajstić information content (AvgIpc) is 2.86. The molecule has 1 aromatic carbocycles. The van der Waals surface area contributed by atoms with Crippen molar-refractivity contribution < 1.29 is 9.18 Å². The lowest BCUT2D eigenvalue weighted by Gasteiger charge is -2.26. The lowest BCUT2D eigenvalue weighted by molar-refractivity contribution is 0.112. The van der Waals surface area contributed by atoms with E-state index in [2.05, 4.69) is 0 Å². The number of hydrogen-bond acceptors (Lipinski definition) is 3. The Hall–Kier alpha value is -1.68. The fourth-order valence-corrected chi connectivity index (χ4v) is 2.57. The van der Waals surface area contributed by atoms with Crippen LogP contribution < -0.4 is 4.90 Å². The van der Waals surface area contributed by atoms with E-state index in [4.69, 9.17) is 0 Å². The summed E-state index contributed by atoms with van der Waals surface area (Å²) >= 11 is 1.39. The topological polar surface area (TPSA) is 20.3 Å². The number of benzene rings is 1. The van der Waals surface area contributed by atoms with Gasteiger partial charge in [-0.2, -0.15) is 0 Å². The van der Waals surface area contributed by atoms with Gasteiger partial charge in [-0.25, -0.2) is 4.39 Å². The molecular weight excluding hydrogens is 249 g/mol. The smallest absolute Gasteiger partial charge is 0.160 e. The Morgan fingerprint density at radius 2 is 2.11 bits per heavy atom. The molecule has 1 unspecified atom stereocenters. The molecular formula is C14H14FNOS. The third-order valence-corrected chi connectivity index (χ3v) is 3.91. The quantitative estimate of drug-likeness (QED) is 0.780. The van der Waals surface area contributed by atoms with Gasteiger partial charge in [0.05, 0.1) is 10.9 Å². The zero-order valence-electron chi connectivity index (χ0n) is 10.3. The molecule has 1 aromatic heterocycles. The first-order valence-electron chi connectivity index (χ1n) is 5.64. The minimum atomic E-state index is -0.206. The summed E-state index contributed by atoms with van der Waals surface area (Å²) in [5.74, 6) is -0.206. The number of aldehydes is 1. The van der Waals surface area contributed by atoms with Gasteiger partial charge in [0.2, 0.25) is 0 Å². The standard InChI is InChI=1S/C14H14FNOS/c1-10(13-5-3-4-6-14(13)15)16(2)11-7-12(8-17)18-9-11/h3-10H,1-2H3. The van der Waals surface area contributed by atoms with Crippen LogP contribution in [0, 0.1) is 5.82 Å². The highest BCUT2D eigenvalue weighted by molar-refractivity contribution is 7.12. The van der Waals surface area contributed by atoms with Crippen LogP contribution in [0.1, 0.15) is 28.2 Å². The molecule has 0 fully saturated rings. The van der Waals surface area contributed by atoms with Crippen molar-refractivity contribution in [2.24, 2.45) is 0 Å². The number of anilines is 1. The van der Waals surface area contributed by atoms with Gasteiger partial charge in [-0.1, -0.05) is 18.2 Å². The monoisotopic (exact) mass is 263 g/mol. The number of nitrogens with zero attached hydrogens (tertiary/aromatic N) is 1. The number of carbonyl (C=O) groups excluding carboxylic acids is 1. The summed E-state index contributed by atoms with van der Waals surface area (Å²) in [6, 6.07) is 8.48. The van der Waals surface area contributed by atoms with Gasteiger partial charge in [0.25, 0.3) is 0 Å². The average molecular weight is 263 g/mol. The summed E-state index contributed by atoms with van der Waals surface area (Å²) in [6.07, 6.45) is 0.829. The van der Waals surface area contributed by atoms with E-state index in [-0.39, 0.29) is 11.9 Å². The normalized spacial score (nSPS) is 12.2. The second-order valence-electron chi connectivity index (χ2n) is 4.13. The van der Waals surface area contributed by atoms with Crippen molar-refractivity contribution >= 4 is 23.3 Å². The third kappa shape index (κ3) is 2.43. The largest absolute Gasteiger partial charge is 0.367 e. The first kappa shape index (κ1) is 12.8. The molecule has 1 heterocycles. The fraction of sp³-hybridized carbons (Fsp3) is 0.214. The van der Waals surface area contributed by atoms with E-state index in [1.54, 1.807) is 12.1 Å². The van der Waals surface area contributed by atoms with Crippen LogP contribution >= 0.6 is 11.3 Å². The van der Waals surface area contributed by atoms with Crippen molar-refractivity contribution in [3.8, 4) is 0 Å². The van der Waals surface area contributed by atoms with E-state index in [1.807, 2.05) is 36.4 Å². The van der Waals surface area contributed by atoms with Crippen LogP contribution in [0.2, 0.25) is 0 Å². The Morgan fingerprint density at radius 3 is 2.72 bits per heavy atom. The van der Waals surface area contributed by atoms with Crippen LogP contribution in [-0.4, -0.2) is 13.3 Å². The van der Waals surface area contributed by atoms with E-state index in [1.165, 1.54) is 17.4 Å². The Kier molecular flexibility index (Phi) is 3.77. The van der Waals surface area contributed by atoms with Crippen LogP contribution in [-0.2, 0) is 0 Å².